The van der Waals surface area contributed by atoms with Crippen molar-refractivity contribution >= 4 is 33.3 Å². The van der Waals surface area contributed by atoms with Crippen molar-refractivity contribution in [1.29, 1.82) is 0 Å². The minimum absolute atomic E-state index is 0.198. The summed E-state index contributed by atoms with van der Waals surface area (Å²) in [5.41, 5.74) is 0.909. The summed E-state index contributed by atoms with van der Waals surface area (Å²) in [6.07, 6.45) is 0.838. The van der Waals surface area contributed by atoms with E-state index in [-0.39, 0.29) is 16.9 Å². The zero-order chi connectivity index (χ0) is 21.1. The van der Waals surface area contributed by atoms with Crippen molar-refractivity contribution in [3.05, 3.63) is 59.2 Å². The number of hydrogen-bond donors (Lipinski definition) is 1. The van der Waals surface area contributed by atoms with E-state index in [4.69, 9.17) is 0 Å². The van der Waals surface area contributed by atoms with E-state index >= 15 is 0 Å². The highest BCUT2D eigenvalue weighted by Crippen LogP contribution is 2.22. The third-order valence-corrected chi connectivity index (χ3v) is 4.95. The van der Waals surface area contributed by atoms with Gasteiger partial charge >= 0.3 is 5.97 Å². The number of hydrogen-bond acceptors (Lipinski definition) is 5. The number of halogens is 2. The van der Waals surface area contributed by atoms with E-state index < -0.39 is 40.1 Å². The largest absolute Gasteiger partial charge is 0.465 e. The normalized spacial score (nSPS) is 11.0. The molecule has 1 N–H and O–H groups in total. The van der Waals surface area contributed by atoms with Crippen LogP contribution in [0.5, 0.6) is 0 Å². The van der Waals surface area contributed by atoms with Gasteiger partial charge in [-0.15, -0.1) is 0 Å². The zero-order valence-electron chi connectivity index (χ0n) is 15.3. The number of benzene rings is 2. The number of esters is 1. The molecule has 0 unspecified atom stereocenters. The minimum atomic E-state index is -3.96. The van der Waals surface area contributed by atoms with E-state index in [0.717, 1.165) is 18.4 Å². The molecule has 10 heteroatoms. The van der Waals surface area contributed by atoms with Crippen molar-refractivity contribution in [2.45, 2.75) is 6.92 Å². The lowest BCUT2D eigenvalue weighted by Gasteiger charge is -2.22. The lowest BCUT2D eigenvalue weighted by molar-refractivity contribution is -0.114. The monoisotopic (exact) mass is 412 g/mol. The highest BCUT2D eigenvalue weighted by atomic mass is 32.2. The highest BCUT2D eigenvalue weighted by molar-refractivity contribution is 7.92. The number of anilines is 2. The Labute approximate surface area is 161 Å². The molecule has 0 saturated heterocycles. The fourth-order valence-electron chi connectivity index (χ4n) is 2.36. The number of carbonyl (C=O) groups is 2. The van der Waals surface area contributed by atoms with Gasteiger partial charge in [-0.1, -0.05) is 6.07 Å². The predicted octanol–water partition coefficient (Wildman–Crippen LogP) is 2.46. The molecular formula is C18H18F2N2O5S. The summed E-state index contributed by atoms with van der Waals surface area (Å²) < 4.78 is 55.9. The summed E-state index contributed by atoms with van der Waals surface area (Å²) in [6.45, 7) is 1.01. The summed E-state index contributed by atoms with van der Waals surface area (Å²) >= 11 is 0. The van der Waals surface area contributed by atoms with Crippen LogP contribution in [-0.2, 0) is 19.6 Å². The standard InChI is InChI=1S/C18H18F2N2O5S/c1-11-4-5-12(18(24)27-2)8-16(11)21-17(23)10-22(28(3,25)26)13-6-7-14(19)15(20)9-13/h4-9H,10H2,1-3H3,(H,21,23). The van der Waals surface area contributed by atoms with Crippen molar-refractivity contribution in [2.75, 3.05) is 29.5 Å². The Hall–Kier alpha value is -3.01. The molecule has 0 fully saturated rings. The molecule has 0 heterocycles. The van der Waals surface area contributed by atoms with E-state index in [0.29, 0.717) is 15.9 Å². The second-order valence-corrected chi connectivity index (χ2v) is 7.84. The number of carbonyl (C=O) groups excluding carboxylic acids is 2. The van der Waals surface area contributed by atoms with Gasteiger partial charge in [0, 0.05) is 11.8 Å². The number of sulfonamides is 1. The topological polar surface area (TPSA) is 92.8 Å². The van der Waals surface area contributed by atoms with Crippen LogP contribution in [0.1, 0.15) is 15.9 Å². The molecule has 2 aromatic rings. The maximum absolute atomic E-state index is 13.5. The fraction of sp³-hybridized carbons (Fsp3) is 0.222. The minimum Gasteiger partial charge on any atom is -0.465 e. The molecule has 150 valence electrons. The number of nitrogens with zero attached hydrogens (tertiary/aromatic N) is 1. The zero-order valence-corrected chi connectivity index (χ0v) is 16.1. The summed E-state index contributed by atoms with van der Waals surface area (Å²) in [5.74, 6) is -3.72. The lowest BCUT2D eigenvalue weighted by Crippen LogP contribution is -2.37. The molecule has 2 aromatic carbocycles. The Bertz CT molecular complexity index is 1020. The molecule has 7 nitrogen and oxygen atoms in total. The van der Waals surface area contributed by atoms with Crippen LogP contribution < -0.4 is 9.62 Å². The van der Waals surface area contributed by atoms with Crippen LogP contribution in [-0.4, -0.2) is 40.2 Å². The number of aryl methyl sites for hydroxylation is 1. The summed E-state index contributed by atoms with van der Waals surface area (Å²) in [4.78, 5) is 24.0. The molecule has 1 amide bonds. The average Bonchev–Trinajstić information content (AvgIpc) is 2.62. The van der Waals surface area contributed by atoms with Crippen LogP contribution in [0.4, 0.5) is 20.2 Å². The van der Waals surface area contributed by atoms with Crippen LogP contribution in [0.25, 0.3) is 0 Å². The van der Waals surface area contributed by atoms with Gasteiger partial charge in [0.1, 0.15) is 6.54 Å². The van der Waals surface area contributed by atoms with E-state index in [1.165, 1.54) is 19.2 Å². The quantitative estimate of drug-likeness (QED) is 0.736. The molecule has 0 aromatic heterocycles. The maximum Gasteiger partial charge on any atom is 0.337 e. The number of rotatable bonds is 6. The van der Waals surface area contributed by atoms with Gasteiger partial charge in [-0.3, -0.25) is 9.10 Å². The third kappa shape index (κ3) is 5.03. The Balaban J connectivity index is 2.28. The van der Waals surface area contributed by atoms with E-state index in [1.807, 2.05) is 0 Å². The molecule has 0 radical (unpaired) electrons. The average molecular weight is 412 g/mol. The second-order valence-electron chi connectivity index (χ2n) is 5.94. The van der Waals surface area contributed by atoms with Crippen molar-refractivity contribution in [3.63, 3.8) is 0 Å². The Kier molecular flexibility index (Phi) is 6.34. The Morgan fingerprint density at radius 2 is 1.79 bits per heavy atom. The van der Waals surface area contributed by atoms with Gasteiger partial charge in [-0.25, -0.2) is 22.0 Å². The number of ether oxygens (including phenoxy) is 1. The van der Waals surface area contributed by atoms with Crippen LogP contribution in [0, 0.1) is 18.6 Å². The fourth-order valence-corrected chi connectivity index (χ4v) is 3.21. The van der Waals surface area contributed by atoms with Gasteiger partial charge in [0.2, 0.25) is 15.9 Å². The first-order valence-corrected chi connectivity index (χ1v) is 9.79. The third-order valence-electron chi connectivity index (χ3n) is 3.81. The van der Waals surface area contributed by atoms with Crippen molar-refractivity contribution < 1.29 is 31.5 Å². The molecule has 0 aliphatic carbocycles. The van der Waals surface area contributed by atoms with Gasteiger partial charge in [0.05, 0.1) is 24.6 Å². The molecule has 0 aliphatic heterocycles. The highest BCUT2D eigenvalue weighted by Gasteiger charge is 2.22. The van der Waals surface area contributed by atoms with Crippen LogP contribution in [0.3, 0.4) is 0 Å². The number of amides is 1. The van der Waals surface area contributed by atoms with Crippen molar-refractivity contribution in [1.82, 2.24) is 0 Å². The Morgan fingerprint density at radius 3 is 2.36 bits per heavy atom. The smallest absolute Gasteiger partial charge is 0.337 e. The molecule has 2 rings (SSSR count). The van der Waals surface area contributed by atoms with E-state index in [1.54, 1.807) is 13.0 Å². The van der Waals surface area contributed by atoms with Gasteiger partial charge in [-0.2, -0.15) is 0 Å². The van der Waals surface area contributed by atoms with Crippen LogP contribution in [0.2, 0.25) is 0 Å². The summed E-state index contributed by atoms with van der Waals surface area (Å²) in [7, 11) is -2.75. The molecule has 0 spiro atoms. The van der Waals surface area contributed by atoms with Gasteiger partial charge in [0.15, 0.2) is 11.6 Å². The van der Waals surface area contributed by atoms with E-state index in [9.17, 15) is 26.8 Å². The first-order valence-electron chi connectivity index (χ1n) is 7.94. The van der Waals surface area contributed by atoms with Gasteiger partial charge < -0.3 is 10.1 Å². The number of methoxy groups -OCH3 is 1. The maximum atomic E-state index is 13.5. The lowest BCUT2D eigenvalue weighted by atomic mass is 10.1. The molecule has 0 aliphatic rings. The van der Waals surface area contributed by atoms with E-state index in [2.05, 4.69) is 10.1 Å². The second kappa shape index (κ2) is 8.34. The van der Waals surface area contributed by atoms with Gasteiger partial charge in [-0.05, 0) is 36.8 Å². The summed E-state index contributed by atoms with van der Waals surface area (Å²) in [5, 5.41) is 2.51. The van der Waals surface area contributed by atoms with Crippen molar-refractivity contribution in [3.8, 4) is 0 Å². The van der Waals surface area contributed by atoms with Crippen LogP contribution in [0.15, 0.2) is 36.4 Å². The molecule has 0 atom stereocenters. The Morgan fingerprint density at radius 1 is 1.11 bits per heavy atom. The van der Waals surface area contributed by atoms with Crippen LogP contribution >= 0.6 is 0 Å². The molecule has 28 heavy (non-hydrogen) atoms. The molecule has 0 bridgehead atoms. The van der Waals surface area contributed by atoms with Crippen molar-refractivity contribution in [2.24, 2.45) is 0 Å². The number of nitrogens with one attached hydrogen (secondary N) is 1. The first kappa shape index (κ1) is 21.3. The molecular weight excluding hydrogens is 394 g/mol. The summed E-state index contributed by atoms with van der Waals surface area (Å²) in [6, 6.07) is 7.00. The van der Waals surface area contributed by atoms with Gasteiger partial charge in [0.25, 0.3) is 0 Å². The first-order chi connectivity index (χ1) is 13.0. The SMILES string of the molecule is COC(=O)c1ccc(C)c(NC(=O)CN(c2ccc(F)c(F)c2)S(C)(=O)=O)c1. The molecule has 0 saturated carbocycles. The predicted molar refractivity (Wildman–Crippen MR) is 99.7 cm³/mol.